The molecular weight excluding hydrogens is 176 g/mol. The summed E-state index contributed by atoms with van der Waals surface area (Å²) in [5, 5.41) is 0. The van der Waals surface area contributed by atoms with Crippen LogP contribution in [0.5, 0.6) is 0 Å². The van der Waals surface area contributed by atoms with Crippen LogP contribution in [-0.2, 0) is 13.5 Å². The summed E-state index contributed by atoms with van der Waals surface area (Å²) < 4.78 is 24.6. The zero-order valence-corrected chi connectivity index (χ0v) is 7.57. The Morgan fingerprint density at radius 1 is 1.50 bits per heavy atom. The molecule has 0 aliphatic heterocycles. The van der Waals surface area contributed by atoms with E-state index >= 15 is 0 Å². The second kappa shape index (κ2) is 4.16. The Balaban J connectivity index is 3.39. The highest BCUT2D eigenvalue weighted by Crippen LogP contribution is 2.04. The molecule has 0 heterocycles. The molecule has 5 heteroatoms. The van der Waals surface area contributed by atoms with Crippen molar-refractivity contribution < 1.29 is 12.6 Å². The first kappa shape index (κ1) is 10.2. The van der Waals surface area contributed by atoms with Gasteiger partial charge in [-0.25, -0.2) is 0 Å². The maximum Gasteiger partial charge on any atom is 0.355 e. The molecule has 0 aliphatic rings. The lowest BCUT2D eigenvalue weighted by Crippen LogP contribution is -2.01. The van der Waals surface area contributed by atoms with Crippen molar-refractivity contribution in [3.05, 3.63) is 0 Å². The summed E-state index contributed by atoms with van der Waals surface area (Å²) in [5.74, 6) is 0.429. The quantitative estimate of drug-likeness (QED) is 0.626. The van der Waals surface area contributed by atoms with Gasteiger partial charge in [-0.1, -0.05) is 13.8 Å². The van der Waals surface area contributed by atoms with E-state index in [-0.39, 0.29) is 6.61 Å². The Morgan fingerprint density at radius 2 is 2.00 bits per heavy atom. The van der Waals surface area contributed by atoms with Crippen LogP contribution in [0.15, 0.2) is 0 Å². The predicted molar refractivity (Wildman–Crippen MR) is 40.2 cm³/mol. The fourth-order valence-corrected chi connectivity index (χ4v) is 0.868. The van der Waals surface area contributed by atoms with Crippen molar-refractivity contribution in [1.82, 2.24) is 0 Å². The van der Waals surface area contributed by atoms with Crippen LogP contribution in [0.2, 0.25) is 0 Å². The van der Waals surface area contributed by atoms with Crippen LogP contribution in [0.4, 0.5) is 0 Å². The van der Waals surface area contributed by atoms with Crippen molar-refractivity contribution >= 4 is 20.0 Å². The summed E-state index contributed by atoms with van der Waals surface area (Å²) >= 11 is 0. The fourth-order valence-electron chi connectivity index (χ4n) is 0.383. The van der Waals surface area contributed by atoms with E-state index in [2.05, 4.69) is 4.18 Å². The van der Waals surface area contributed by atoms with E-state index in [0.717, 1.165) is 0 Å². The zero-order chi connectivity index (χ0) is 8.20. The molecule has 0 radical (unpaired) electrons. The zero-order valence-electron chi connectivity index (χ0n) is 6.00. The van der Waals surface area contributed by atoms with Gasteiger partial charge in [-0.2, -0.15) is 8.42 Å². The van der Waals surface area contributed by atoms with Crippen LogP contribution in [-0.4, -0.2) is 15.0 Å². The molecule has 0 N–H and O–H groups in total. The van der Waals surface area contributed by atoms with Gasteiger partial charge in [0.1, 0.15) is 0 Å². The van der Waals surface area contributed by atoms with Crippen LogP contribution in [0, 0.1) is 5.92 Å². The third-order valence-electron chi connectivity index (χ3n) is 0.919. The van der Waals surface area contributed by atoms with Crippen molar-refractivity contribution in [2.24, 2.45) is 5.92 Å². The molecule has 0 aromatic heterocycles. The Hall–Kier alpha value is 0.200. The second-order valence-corrected chi connectivity index (χ2v) is 4.55. The number of rotatable bonds is 4. The Bertz CT molecular complexity index is 173. The van der Waals surface area contributed by atoms with Crippen molar-refractivity contribution in [1.29, 1.82) is 0 Å². The molecule has 0 rings (SSSR count). The topological polar surface area (TPSA) is 43.4 Å². The van der Waals surface area contributed by atoms with Gasteiger partial charge in [0, 0.05) is 10.7 Å². The lowest BCUT2D eigenvalue weighted by atomic mass is 10.2. The van der Waals surface area contributed by atoms with Crippen molar-refractivity contribution in [2.45, 2.75) is 20.3 Å². The highest BCUT2D eigenvalue weighted by atomic mass is 35.7. The highest BCUT2D eigenvalue weighted by molar-refractivity contribution is 8.09. The van der Waals surface area contributed by atoms with E-state index in [9.17, 15) is 8.42 Å². The molecule has 0 saturated heterocycles. The van der Waals surface area contributed by atoms with Gasteiger partial charge in [-0.3, -0.25) is 4.18 Å². The fraction of sp³-hybridized carbons (Fsp3) is 1.00. The van der Waals surface area contributed by atoms with Gasteiger partial charge >= 0.3 is 9.33 Å². The normalized spacial score (nSPS) is 12.4. The minimum absolute atomic E-state index is 0.170. The smallest absolute Gasteiger partial charge is 0.258 e. The first-order valence-corrected chi connectivity index (χ1v) is 5.24. The lowest BCUT2D eigenvalue weighted by Gasteiger charge is -2.01. The van der Waals surface area contributed by atoms with Gasteiger partial charge in [-0.05, 0) is 12.3 Å². The van der Waals surface area contributed by atoms with Gasteiger partial charge in [0.05, 0.1) is 6.61 Å². The average molecular weight is 187 g/mol. The van der Waals surface area contributed by atoms with Gasteiger partial charge in [-0.15, -0.1) is 0 Å². The average Bonchev–Trinajstić information content (AvgIpc) is 1.59. The summed E-state index contributed by atoms with van der Waals surface area (Å²) in [6.07, 6.45) is 0.700. The van der Waals surface area contributed by atoms with Gasteiger partial charge in [0.25, 0.3) is 0 Å². The van der Waals surface area contributed by atoms with Crippen LogP contribution in [0.3, 0.4) is 0 Å². The molecule has 0 bridgehead atoms. The highest BCUT2D eigenvalue weighted by Gasteiger charge is 2.04. The minimum Gasteiger partial charge on any atom is -0.258 e. The van der Waals surface area contributed by atoms with Crippen molar-refractivity contribution in [3.8, 4) is 0 Å². The number of halogens is 1. The predicted octanol–water partition coefficient (Wildman–Crippen LogP) is 1.53. The molecule has 0 fully saturated rings. The largest absolute Gasteiger partial charge is 0.355 e. The Labute approximate surface area is 66.0 Å². The van der Waals surface area contributed by atoms with Gasteiger partial charge in [0.2, 0.25) is 0 Å². The van der Waals surface area contributed by atoms with Gasteiger partial charge in [0.15, 0.2) is 0 Å². The lowest BCUT2D eigenvalue weighted by molar-refractivity contribution is 0.301. The van der Waals surface area contributed by atoms with Crippen LogP contribution in [0.25, 0.3) is 0 Å². The summed E-state index contributed by atoms with van der Waals surface area (Å²) in [6, 6.07) is 0. The molecule has 0 spiro atoms. The molecule has 0 aromatic carbocycles. The van der Waals surface area contributed by atoms with E-state index in [4.69, 9.17) is 10.7 Å². The third-order valence-corrected chi connectivity index (χ3v) is 1.63. The van der Waals surface area contributed by atoms with E-state index in [1.165, 1.54) is 0 Å². The molecule has 10 heavy (non-hydrogen) atoms. The Morgan fingerprint density at radius 3 is 2.30 bits per heavy atom. The molecular formula is C5H11ClO3S. The molecule has 0 amide bonds. The molecule has 0 saturated carbocycles. The summed E-state index contributed by atoms with van der Waals surface area (Å²) in [4.78, 5) is 0. The molecule has 0 aliphatic carbocycles. The van der Waals surface area contributed by atoms with Crippen LogP contribution < -0.4 is 0 Å². The Kier molecular flexibility index (Phi) is 4.24. The van der Waals surface area contributed by atoms with Crippen LogP contribution >= 0.6 is 10.7 Å². The van der Waals surface area contributed by atoms with Gasteiger partial charge < -0.3 is 0 Å². The first-order chi connectivity index (χ1) is 4.42. The summed E-state index contributed by atoms with van der Waals surface area (Å²) in [5.41, 5.74) is 0. The number of hydrogen-bond donors (Lipinski definition) is 0. The molecule has 0 aromatic rings. The van der Waals surface area contributed by atoms with E-state index in [1.54, 1.807) is 0 Å². The molecule has 62 valence electrons. The number of hydrogen-bond acceptors (Lipinski definition) is 3. The van der Waals surface area contributed by atoms with Crippen LogP contribution in [0.1, 0.15) is 20.3 Å². The SMILES string of the molecule is CC(C)CCOS(=O)(=O)Cl. The first-order valence-electron chi connectivity index (χ1n) is 3.01. The maximum atomic E-state index is 10.2. The summed E-state index contributed by atoms with van der Waals surface area (Å²) in [7, 11) is 1.02. The minimum atomic E-state index is -3.75. The standard InChI is InChI=1S/C5H11ClO3S/c1-5(2)3-4-9-10(6,7)8/h5H,3-4H2,1-2H3. The summed E-state index contributed by atoms with van der Waals surface area (Å²) in [6.45, 7) is 4.12. The maximum absolute atomic E-state index is 10.2. The van der Waals surface area contributed by atoms with E-state index < -0.39 is 9.33 Å². The molecule has 0 atom stereocenters. The molecule has 0 unspecified atom stereocenters. The third kappa shape index (κ3) is 8.20. The van der Waals surface area contributed by atoms with Crippen molar-refractivity contribution in [2.75, 3.05) is 6.61 Å². The molecule has 3 nitrogen and oxygen atoms in total. The van der Waals surface area contributed by atoms with Crippen molar-refractivity contribution in [3.63, 3.8) is 0 Å². The monoisotopic (exact) mass is 186 g/mol. The van der Waals surface area contributed by atoms with E-state index in [0.29, 0.717) is 12.3 Å². The van der Waals surface area contributed by atoms with E-state index in [1.807, 2.05) is 13.8 Å². The second-order valence-electron chi connectivity index (χ2n) is 2.40.